The van der Waals surface area contributed by atoms with Gasteiger partial charge in [0.05, 0.1) is 5.56 Å². The third-order valence-electron chi connectivity index (χ3n) is 2.32. The summed E-state index contributed by atoms with van der Waals surface area (Å²) in [6.45, 7) is 0. The average molecular weight is 287 g/mol. The molecule has 106 valence electrons. The maximum absolute atomic E-state index is 12.5. The number of nitrogens with zero attached hydrogens (tertiary/aromatic N) is 3. The molecule has 0 aliphatic heterocycles. The van der Waals surface area contributed by atoms with E-state index in [0.29, 0.717) is 6.07 Å². The minimum atomic E-state index is -4.63. The number of hydrogen-bond donors (Lipinski definition) is 1. The van der Waals surface area contributed by atoms with Crippen LogP contribution in [0.1, 0.15) is 15.9 Å². The summed E-state index contributed by atoms with van der Waals surface area (Å²) in [5.74, 6) is -1.81. The van der Waals surface area contributed by atoms with Crippen molar-refractivity contribution in [2.45, 2.75) is 6.18 Å². The highest BCUT2D eigenvalue weighted by molar-refractivity contribution is 5.91. The first-order chi connectivity index (χ1) is 9.27. The molecule has 1 aromatic carbocycles. The third kappa shape index (κ3) is 2.87. The minimum absolute atomic E-state index is 0.158. The molecule has 0 radical (unpaired) electrons. The maximum atomic E-state index is 12.5. The fourth-order valence-electron chi connectivity index (χ4n) is 1.43. The van der Waals surface area contributed by atoms with Crippen molar-refractivity contribution in [3.8, 4) is 11.8 Å². The van der Waals surface area contributed by atoms with Crippen molar-refractivity contribution in [1.29, 1.82) is 0 Å². The van der Waals surface area contributed by atoms with Gasteiger partial charge in [-0.2, -0.15) is 18.2 Å². The Kier molecular flexibility index (Phi) is 3.35. The Morgan fingerprint density at radius 1 is 1.40 bits per heavy atom. The van der Waals surface area contributed by atoms with Crippen LogP contribution in [-0.2, 0) is 13.2 Å². The van der Waals surface area contributed by atoms with E-state index in [0.717, 1.165) is 12.1 Å². The molecule has 1 aromatic heterocycles. The lowest BCUT2D eigenvalue weighted by molar-refractivity contribution is -0.137. The number of aromatic carboxylic acids is 1. The molecule has 6 nitrogen and oxygen atoms in total. The van der Waals surface area contributed by atoms with E-state index in [1.54, 1.807) is 7.05 Å². The van der Waals surface area contributed by atoms with Gasteiger partial charge in [0.2, 0.25) is 0 Å². The first-order valence-electron chi connectivity index (χ1n) is 5.25. The molecule has 0 fully saturated rings. The van der Waals surface area contributed by atoms with Gasteiger partial charge in [0.15, 0.2) is 0 Å². The van der Waals surface area contributed by atoms with E-state index in [1.807, 2.05) is 0 Å². The van der Waals surface area contributed by atoms with Gasteiger partial charge in [-0.15, -0.1) is 5.10 Å². The van der Waals surface area contributed by atoms with E-state index in [-0.39, 0.29) is 11.8 Å². The molecule has 20 heavy (non-hydrogen) atoms. The number of carboxylic acids is 1. The van der Waals surface area contributed by atoms with E-state index in [4.69, 9.17) is 9.84 Å². The molecule has 1 heterocycles. The van der Waals surface area contributed by atoms with Crippen LogP contribution in [0.15, 0.2) is 24.5 Å². The molecule has 0 aliphatic rings. The number of carboxylic acid groups (broad SMARTS) is 1. The van der Waals surface area contributed by atoms with Gasteiger partial charge in [-0.3, -0.25) is 4.68 Å². The van der Waals surface area contributed by atoms with Crippen LogP contribution >= 0.6 is 0 Å². The molecule has 2 rings (SSSR count). The monoisotopic (exact) mass is 287 g/mol. The van der Waals surface area contributed by atoms with Gasteiger partial charge in [0.25, 0.3) is 0 Å². The van der Waals surface area contributed by atoms with Gasteiger partial charge in [0, 0.05) is 7.05 Å². The Hall–Kier alpha value is -2.58. The van der Waals surface area contributed by atoms with Crippen LogP contribution < -0.4 is 4.74 Å². The molecule has 2 aromatic rings. The van der Waals surface area contributed by atoms with Gasteiger partial charge in [-0.1, -0.05) is 0 Å². The van der Waals surface area contributed by atoms with Gasteiger partial charge < -0.3 is 9.84 Å². The summed E-state index contributed by atoms with van der Waals surface area (Å²) in [6, 6.07) is 1.99. The quantitative estimate of drug-likeness (QED) is 0.937. The summed E-state index contributed by atoms with van der Waals surface area (Å²) < 4.78 is 44.0. The zero-order valence-electron chi connectivity index (χ0n) is 10.0. The lowest BCUT2D eigenvalue weighted by Crippen LogP contribution is -2.08. The smallest absolute Gasteiger partial charge is 0.416 e. The van der Waals surface area contributed by atoms with Gasteiger partial charge in [-0.05, 0) is 18.2 Å². The SMILES string of the molecule is Cn1cnc(Oc2ccc(C(F)(F)F)cc2C(=O)O)n1. The van der Waals surface area contributed by atoms with Crippen molar-refractivity contribution in [2.75, 3.05) is 0 Å². The number of rotatable bonds is 3. The fourth-order valence-corrected chi connectivity index (χ4v) is 1.43. The van der Waals surface area contributed by atoms with Crippen LogP contribution in [0.4, 0.5) is 13.2 Å². The number of benzene rings is 1. The van der Waals surface area contributed by atoms with Crippen molar-refractivity contribution < 1.29 is 27.8 Å². The molecule has 0 atom stereocenters. The molecule has 0 spiro atoms. The zero-order chi connectivity index (χ0) is 14.9. The molecular weight excluding hydrogens is 279 g/mol. The molecule has 0 saturated heterocycles. The largest absolute Gasteiger partial charge is 0.478 e. The highest BCUT2D eigenvalue weighted by Crippen LogP contribution is 2.33. The highest BCUT2D eigenvalue weighted by Gasteiger charge is 2.32. The molecular formula is C11H8F3N3O3. The number of alkyl halides is 3. The lowest BCUT2D eigenvalue weighted by Gasteiger charge is -2.10. The highest BCUT2D eigenvalue weighted by atomic mass is 19.4. The number of ether oxygens (including phenoxy) is 1. The predicted octanol–water partition coefficient (Wildman–Crippen LogP) is 2.32. The molecule has 0 saturated carbocycles. The summed E-state index contributed by atoms with van der Waals surface area (Å²) in [5.41, 5.74) is -1.69. The normalized spacial score (nSPS) is 11.4. The zero-order valence-corrected chi connectivity index (χ0v) is 10.0. The summed E-state index contributed by atoms with van der Waals surface area (Å²) in [4.78, 5) is 14.7. The van der Waals surface area contributed by atoms with E-state index in [2.05, 4.69) is 10.1 Å². The van der Waals surface area contributed by atoms with Crippen molar-refractivity contribution >= 4 is 5.97 Å². The maximum Gasteiger partial charge on any atom is 0.416 e. The Morgan fingerprint density at radius 2 is 2.10 bits per heavy atom. The average Bonchev–Trinajstić information content (AvgIpc) is 2.73. The number of aromatic nitrogens is 3. The Morgan fingerprint density at radius 3 is 2.60 bits per heavy atom. The molecule has 0 amide bonds. The van der Waals surface area contributed by atoms with E-state index in [9.17, 15) is 18.0 Å². The Bertz CT molecular complexity index is 652. The van der Waals surface area contributed by atoms with Crippen LogP contribution in [0.2, 0.25) is 0 Å². The molecule has 9 heteroatoms. The van der Waals surface area contributed by atoms with E-state index < -0.39 is 23.3 Å². The second-order valence-corrected chi connectivity index (χ2v) is 3.82. The van der Waals surface area contributed by atoms with Crippen LogP contribution in [0.5, 0.6) is 11.8 Å². The second-order valence-electron chi connectivity index (χ2n) is 3.82. The number of halogens is 3. The summed E-state index contributed by atoms with van der Waals surface area (Å²) in [7, 11) is 1.56. The minimum Gasteiger partial charge on any atom is -0.478 e. The lowest BCUT2D eigenvalue weighted by atomic mass is 10.1. The predicted molar refractivity (Wildman–Crippen MR) is 59.5 cm³/mol. The Balaban J connectivity index is 2.40. The number of carbonyl (C=O) groups is 1. The summed E-state index contributed by atoms with van der Waals surface area (Å²) in [6.07, 6.45) is -3.33. The standard InChI is InChI=1S/C11H8F3N3O3/c1-17-5-15-10(16-17)20-8-3-2-6(11(12,13)14)4-7(8)9(18)19/h2-5H,1H3,(H,18,19). The number of aryl methyl sites for hydroxylation is 1. The second kappa shape index (κ2) is 4.83. The van der Waals surface area contributed by atoms with Gasteiger partial charge in [0.1, 0.15) is 17.6 Å². The number of hydrogen-bond acceptors (Lipinski definition) is 4. The molecule has 1 N–H and O–H groups in total. The van der Waals surface area contributed by atoms with Crippen molar-refractivity contribution in [1.82, 2.24) is 14.8 Å². The van der Waals surface area contributed by atoms with E-state index >= 15 is 0 Å². The molecule has 0 unspecified atom stereocenters. The van der Waals surface area contributed by atoms with Gasteiger partial charge >= 0.3 is 18.2 Å². The van der Waals surface area contributed by atoms with E-state index in [1.165, 1.54) is 11.0 Å². The first-order valence-corrected chi connectivity index (χ1v) is 5.25. The van der Waals surface area contributed by atoms with Crippen molar-refractivity contribution in [2.24, 2.45) is 7.05 Å². The first kappa shape index (κ1) is 13.8. The summed E-state index contributed by atoms with van der Waals surface area (Å²) in [5, 5.41) is 12.7. The Labute approximate surface area is 110 Å². The third-order valence-corrected chi connectivity index (χ3v) is 2.32. The van der Waals surface area contributed by atoms with Crippen LogP contribution in [0.3, 0.4) is 0 Å². The molecule has 0 bridgehead atoms. The molecule has 0 aliphatic carbocycles. The van der Waals surface area contributed by atoms with Crippen LogP contribution in [0, 0.1) is 0 Å². The van der Waals surface area contributed by atoms with Crippen molar-refractivity contribution in [3.63, 3.8) is 0 Å². The topological polar surface area (TPSA) is 77.2 Å². The summed E-state index contributed by atoms with van der Waals surface area (Å²) >= 11 is 0. The van der Waals surface area contributed by atoms with Crippen molar-refractivity contribution in [3.05, 3.63) is 35.7 Å². The van der Waals surface area contributed by atoms with Crippen LogP contribution in [0.25, 0.3) is 0 Å². The van der Waals surface area contributed by atoms with Crippen LogP contribution in [-0.4, -0.2) is 25.8 Å². The fraction of sp³-hybridized carbons (Fsp3) is 0.182. The van der Waals surface area contributed by atoms with Gasteiger partial charge in [-0.25, -0.2) is 4.79 Å².